The van der Waals surface area contributed by atoms with Gasteiger partial charge in [0, 0.05) is 0 Å². The molecule has 0 saturated carbocycles. The Kier molecular flexibility index (Phi) is 6.50. The lowest BCUT2D eigenvalue weighted by molar-refractivity contribution is -0.462. The van der Waals surface area contributed by atoms with Crippen LogP contribution < -0.4 is 5.73 Å². The maximum absolute atomic E-state index is 13.2. The molecule has 0 rings (SSSR count). The molecular formula is C10H4F19N. The van der Waals surface area contributed by atoms with Crippen LogP contribution in [0.1, 0.15) is 6.42 Å². The molecule has 0 aliphatic heterocycles. The molecule has 0 spiro atoms. The molecule has 20 heteroatoms. The van der Waals surface area contributed by atoms with Gasteiger partial charge in [-0.3, -0.25) is 5.73 Å². The fourth-order valence-corrected chi connectivity index (χ4v) is 1.60. The second-order valence-electron chi connectivity index (χ2n) is 5.59. The molecule has 0 saturated heterocycles. The topological polar surface area (TPSA) is 26.0 Å². The molecule has 0 unspecified atom stereocenters. The zero-order chi connectivity index (χ0) is 25.2. The van der Waals surface area contributed by atoms with Crippen LogP contribution in [0, 0.1) is 0 Å². The van der Waals surface area contributed by atoms with Crippen molar-refractivity contribution in [3.63, 3.8) is 0 Å². The first-order chi connectivity index (χ1) is 12.5. The smallest absolute Gasteiger partial charge is 0.272 e. The summed E-state index contributed by atoms with van der Waals surface area (Å²) < 4.78 is 241. The van der Waals surface area contributed by atoms with Crippen LogP contribution >= 0.6 is 0 Å². The Morgan fingerprint density at radius 2 is 0.600 bits per heavy atom. The van der Waals surface area contributed by atoms with E-state index < -0.39 is 60.1 Å². The van der Waals surface area contributed by atoms with E-state index in [-0.39, 0.29) is 0 Å². The van der Waals surface area contributed by atoms with Crippen LogP contribution in [-0.2, 0) is 0 Å². The molecule has 0 aromatic rings. The van der Waals surface area contributed by atoms with Gasteiger partial charge in [-0.25, -0.2) is 0 Å². The summed E-state index contributed by atoms with van der Waals surface area (Å²) in [6.07, 6.45) is -11.8. The summed E-state index contributed by atoms with van der Waals surface area (Å²) in [6, 6.07) is -5.59. The molecule has 0 heterocycles. The molecule has 0 aliphatic rings. The Morgan fingerprint density at radius 3 is 0.833 bits per heavy atom. The molecule has 0 aromatic carbocycles. The van der Waals surface area contributed by atoms with Gasteiger partial charge in [-0.05, 0) is 0 Å². The molecule has 0 bridgehead atoms. The molecule has 182 valence electrons. The van der Waals surface area contributed by atoms with Crippen molar-refractivity contribution in [3.05, 3.63) is 0 Å². The SMILES string of the molecule is NC(F)(F)CC(F)(F)C(F)(F)C(F)(F)C(F)(F)C(F)(F)C(F)(F)C(F)(F)C(F)(F)F. The zero-order valence-corrected chi connectivity index (χ0v) is 13.0. The molecule has 0 atom stereocenters. The van der Waals surface area contributed by atoms with E-state index >= 15 is 0 Å². The number of hydrogen-bond acceptors (Lipinski definition) is 1. The third-order valence-corrected chi connectivity index (χ3v) is 3.24. The summed E-state index contributed by atoms with van der Waals surface area (Å²) in [5.74, 6) is -58.5. The van der Waals surface area contributed by atoms with Crippen molar-refractivity contribution in [2.75, 3.05) is 0 Å². The predicted octanol–water partition coefficient (Wildman–Crippen LogP) is 5.94. The highest BCUT2D eigenvalue weighted by Gasteiger charge is 2.95. The van der Waals surface area contributed by atoms with Crippen molar-refractivity contribution >= 4 is 0 Å². The first kappa shape index (κ1) is 28.6. The maximum Gasteiger partial charge on any atom is 0.460 e. The average Bonchev–Trinajstić information content (AvgIpc) is 2.41. The first-order valence-corrected chi connectivity index (χ1v) is 6.34. The largest absolute Gasteiger partial charge is 0.460 e. The van der Waals surface area contributed by atoms with Gasteiger partial charge in [0.05, 0.1) is 6.42 Å². The van der Waals surface area contributed by atoms with Crippen molar-refractivity contribution in [2.45, 2.75) is 60.1 Å². The highest BCUT2D eigenvalue weighted by atomic mass is 19.4. The average molecular weight is 499 g/mol. The van der Waals surface area contributed by atoms with Gasteiger partial charge in [-0.1, -0.05) is 0 Å². The van der Waals surface area contributed by atoms with Crippen molar-refractivity contribution < 1.29 is 83.4 Å². The van der Waals surface area contributed by atoms with E-state index in [4.69, 9.17) is 0 Å². The lowest BCUT2D eigenvalue weighted by atomic mass is 9.88. The number of halogens is 19. The van der Waals surface area contributed by atoms with Crippen molar-refractivity contribution in [3.8, 4) is 0 Å². The quantitative estimate of drug-likeness (QED) is 0.325. The Morgan fingerprint density at radius 1 is 0.367 bits per heavy atom. The highest BCUT2D eigenvalue weighted by molar-refractivity contribution is 5.15. The Bertz CT molecular complexity index is 622. The summed E-state index contributed by atoms with van der Waals surface area (Å²) in [7, 11) is 0. The second kappa shape index (κ2) is 6.81. The van der Waals surface area contributed by atoms with E-state index in [0.717, 1.165) is 0 Å². The minimum atomic E-state index is -8.80. The third-order valence-electron chi connectivity index (χ3n) is 3.24. The molecule has 0 radical (unpaired) electrons. The van der Waals surface area contributed by atoms with Gasteiger partial charge >= 0.3 is 53.7 Å². The van der Waals surface area contributed by atoms with Crippen molar-refractivity contribution in [1.82, 2.24) is 0 Å². The van der Waals surface area contributed by atoms with Gasteiger partial charge in [0.2, 0.25) is 0 Å². The van der Waals surface area contributed by atoms with Gasteiger partial charge in [0.15, 0.2) is 0 Å². The minimum absolute atomic E-state index is 3.46. The van der Waals surface area contributed by atoms with E-state index in [0.29, 0.717) is 0 Å². The summed E-state index contributed by atoms with van der Waals surface area (Å²) >= 11 is 0. The van der Waals surface area contributed by atoms with Crippen molar-refractivity contribution in [2.24, 2.45) is 5.73 Å². The van der Waals surface area contributed by atoms with Crippen LogP contribution in [0.5, 0.6) is 0 Å². The van der Waals surface area contributed by atoms with Gasteiger partial charge < -0.3 is 0 Å². The summed E-state index contributed by atoms with van der Waals surface area (Å²) in [5.41, 5.74) is 3.46. The van der Waals surface area contributed by atoms with Crippen molar-refractivity contribution in [1.29, 1.82) is 0 Å². The summed E-state index contributed by atoms with van der Waals surface area (Å²) in [4.78, 5) is 0. The molecule has 0 fully saturated rings. The van der Waals surface area contributed by atoms with Gasteiger partial charge in [0.1, 0.15) is 0 Å². The first-order valence-electron chi connectivity index (χ1n) is 6.34. The fraction of sp³-hybridized carbons (Fsp3) is 1.00. The maximum atomic E-state index is 13.2. The number of hydrogen-bond donors (Lipinski definition) is 1. The second-order valence-corrected chi connectivity index (χ2v) is 5.59. The van der Waals surface area contributed by atoms with Crippen LogP contribution in [0.4, 0.5) is 83.4 Å². The Balaban J connectivity index is 6.70. The molecule has 1 nitrogen and oxygen atoms in total. The lowest BCUT2D eigenvalue weighted by Gasteiger charge is -2.43. The number of alkyl halides is 19. The van der Waals surface area contributed by atoms with Gasteiger partial charge in [-0.2, -0.15) is 83.4 Å². The molecule has 30 heavy (non-hydrogen) atoms. The fourth-order valence-electron chi connectivity index (χ4n) is 1.60. The Hall–Kier alpha value is -1.37. The number of nitrogens with two attached hydrogens (primary N) is 1. The van der Waals surface area contributed by atoms with Gasteiger partial charge in [0.25, 0.3) is 0 Å². The van der Waals surface area contributed by atoms with Crippen LogP contribution in [0.15, 0.2) is 0 Å². The van der Waals surface area contributed by atoms with Crippen LogP contribution in [0.2, 0.25) is 0 Å². The monoisotopic (exact) mass is 499 g/mol. The third kappa shape index (κ3) is 3.82. The predicted molar refractivity (Wildman–Crippen MR) is 54.4 cm³/mol. The summed E-state index contributed by atoms with van der Waals surface area (Å²) in [5, 5.41) is 0. The normalized spacial score (nSPS) is 16.8. The van der Waals surface area contributed by atoms with E-state index in [1.807, 2.05) is 0 Å². The number of rotatable bonds is 8. The molecule has 0 aromatic heterocycles. The summed E-state index contributed by atoms with van der Waals surface area (Å²) in [6.45, 7) is 0. The molecule has 0 amide bonds. The molecule has 2 N–H and O–H groups in total. The van der Waals surface area contributed by atoms with Crippen LogP contribution in [0.25, 0.3) is 0 Å². The van der Waals surface area contributed by atoms with E-state index in [9.17, 15) is 83.4 Å². The minimum Gasteiger partial charge on any atom is -0.272 e. The van der Waals surface area contributed by atoms with E-state index in [1.165, 1.54) is 0 Å². The zero-order valence-electron chi connectivity index (χ0n) is 13.0. The van der Waals surface area contributed by atoms with E-state index in [1.54, 1.807) is 0 Å². The van der Waals surface area contributed by atoms with Gasteiger partial charge in [-0.15, -0.1) is 0 Å². The molecule has 0 aliphatic carbocycles. The lowest BCUT2D eigenvalue weighted by Crippen LogP contribution is -2.74. The highest BCUT2D eigenvalue weighted by Crippen LogP contribution is 2.64. The van der Waals surface area contributed by atoms with Crippen LogP contribution in [0.3, 0.4) is 0 Å². The Labute approximate surface area is 151 Å². The van der Waals surface area contributed by atoms with Crippen LogP contribution in [-0.4, -0.2) is 53.7 Å². The van der Waals surface area contributed by atoms with E-state index in [2.05, 4.69) is 5.73 Å². The molecular weight excluding hydrogens is 495 g/mol. The standard InChI is InChI=1S/C10H4F19N/c11-2(12,1-3(13,14)30)4(15,16)5(17,18)6(19,20)7(21,22)8(23,24)9(25,26)10(27,28)29/h1,30H2.